The minimum Gasteiger partial charge on any atom is -0.316 e. The minimum absolute atomic E-state index is 1.71. The van der Waals surface area contributed by atoms with Crippen LogP contribution in [0.3, 0.4) is 0 Å². The molecule has 2 fully saturated rings. The summed E-state index contributed by atoms with van der Waals surface area (Å²) in [6, 6.07) is 0. The fraction of sp³-hybridized carbons (Fsp3) is 1.00. The Morgan fingerprint density at radius 1 is 0.409 bits per heavy atom. The molecule has 20 heteroatoms. The van der Waals surface area contributed by atoms with Gasteiger partial charge in [0.1, 0.15) is 0 Å². The van der Waals surface area contributed by atoms with Crippen LogP contribution in [0, 0.1) is 0 Å². The minimum atomic E-state index is -5.73. The summed E-state index contributed by atoms with van der Waals surface area (Å²) in [5.41, 5.74) is -5.38. The molecule has 0 amide bonds. The summed E-state index contributed by atoms with van der Waals surface area (Å²) in [7, 11) is -29.4. The molecule has 3 nitrogen and oxygen atoms in total. The molecule has 0 spiro atoms. The summed E-state index contributed by atoms with van der Waals surface area (Å²) in [6.45, 7) is 54.7. The first kappa shape index (κ1) is 42.7. The molecule has 0 aromatic heterocycles. The molecule has 0 bridgehead atoms. The van der Waals surface area contributed by atoms with Gasteiger partial charge in [0, 0.05) is 71.1 Å². The average molecular weight is 860 g/mol. The van der Waals surface area contributed by atoms with Gasteiger partial charge in [0.2, 0.25) is 0 Å². The fourth-order valence-electron chi connectivity index (χ4n) is 12.1. The van der Waals surface area contributed by atoms with Crippen LogP contribution in [-0.2, 0) is 14.0 Å². The van der Waals surface area contributed by atoms with Gasteiger partial charge in [-0.1, -0.05) is 144 Å². The topological polar surface area (TPSA) is 43.4 Å². The van der Waals surface area contributed by atoms with E-state index < -0.39 is 107 Å². The van der Waals surface area contributed by atoms with Crippen molar-refractivity contribution in [2.75, 3.05) is 0 Å². The van der Waals surface area contributed by atoms with Crippen LogP contribution in [0.25, 0.3) is 0 Å². The van der Waals surface area contributed by atoms with E-state index in [4.69, 9.17) is 3.87 Å². The van der Waals surface area contributed by atoms with Crippen molar-refractivity contribution in [3.8, 4) is 0 Å². The largest absolute Gasteiger partial charge is 0.522 e. The molecule has 0 atom stereocenters. The van der Waals surface area contributed by atoms with Crippen LogP contribution in [0.15, 0.2) is 0 Å². The first-order valence-electron chi connectivity index (χ1n) is 16.5. The second kappa shape index (κ2) is 10.3. The van der Waals surface area contributed by atoms with Gasteiger partial charge in [-0.05, 0) is 6.55 Å². The summed E-state index contributed by atoms with van der Waals surface area (Å²) in [4.78, 5) is 0. The van der Waals surface area contributed by atoms with Crippen molar-refractivity contribution in [2.45, 2.75) is 156 Å². The number of hydrogen-bond donors (Lipinski definition) is 0. The predicted octanol–water partition coefficient (Wildman–Crippen LogP) is 8.79. The molecule has 0 N–H and O–H groups in total. The van der Waals surface area contributed by atoms with Gasteiger partial charge in [0.05, 0.1) is 13.3 Å². The van der Waals surface area contributed by atoms with Crippen molar-refractivity contribution in [3.63, 3.8) is 0 Å². The number of halogens is 3. The maximum atomic E-state index is 14.8. The predicted molar refractivity (Wildman–Crippen MR) is 226 cm³/mol. The molecule has 0 aliphatic carbocycles. The molecule has 0 unspecified atom stereocenters. The molecule has 0 aromatic rings. The highest BCUT2D eigenvalue weighted by Gasteiger charge is 2.90. The van der Waals surface area contributed by atoms with Crippen LogP contribution in [0.1, 0.15) is 0 Å². The maximum absolute atomic E-state index is 14.8. The van der Waals surface area contributed by atoms with Gasteiger partial charge >= 0.3 is 15.6 Å². The quantitative estimate of drug-likeness (QED) is 0.210. The van der Waals surface area contributed by atoms with E-state index in [9.17, 15) is 21.6 Å². The van der Waals surface area contributed by atoms with Crippen LogP contribution >= 0.6 is 0 Å². The van der Waals surface area contributed by atoms with Crippen LogP contribution < -0.4 is 0 Å². The number of rotatable bonds is 4. The molecule has 0 saturated carbocycles. The van der Waals surface area contributed by atoms with Crippen molar-refractivity contribution in [1.82, 2.24) is 0 Å². The first-order chi connectivity index (χ1) is 18.5. The molecule has 2 aliphatic rings. The lowest BCUT2D eigenvalue weighted by Crippen LogP contribution is -3.13. The van der Waals surface area contributed by atoms with Gasteiger partial charge < -0.3 is 3.87 Å². The first-order valence-corrected chi connectivity index (χ1v) is 69.3. The van der Waals surface area contributed by atoms with E-state index in [0.29, 0.717) is 0 Å². The molecule has 2 heterocycles. The van der Waals surface area contributed by atoms with E-state index in [1.165, 1.54) is 0 Å². The van der Waals surface area contributed by atoms with Crippen molar-refractivity contribution < 1.29 is 25.5 Å². The number of hydrogen-bond acceptors (Lipinski definition) is 3. The standard InChI is InChI=1S/C24H69F3O3SSi13/c1-32(2)34(5,6)38(13,14)43(22,39(15,16)35(32,7)8)42(21,30-31(28,29)24(25,26)27)44(23)40(17,18)36(9,10)33(3,4)37(11,12)41(44,19)20/h1-23H3. The van der Waals surface area contributed by atoms with Crippen LogP contribution in [0.2, 0.25) is 151 Å². The zero-order valence-corrected chi connectivity index (χ0v) is 46.6. The van der Waals surface area contributed by atoms with Gasteiger partial charge in [-0.25, -0.2) is 0 Å². The van der Waals surface area contributed by atoms with E-state index in [1.54, 1.807) is 0 Å². The lowest BCUT2D eigenvalue weighted by atomic mass is 11.6. The Kier molecular flexibility index (Phi) is 10.0. The van der Waals surface area contributed by atoms with E-state index in [0.717, 1.165) is 0 Å². The third kappa shape index (κ3) is 4.09. The van der Waals surface area contributed by atoms with Gasteiger partial charge in [0.25, 0.3) is 0 Å². The zero-order chi connectivity index (χ0) is 36.2. The molecule has 2 rings (SSSR count). The van der Waals surface area contributed by atoms with Gasteiger partial charge in [-0.15, -0.1) is 0 Å². The molecule has 0 aromatic carbocycles. The Bertz CT molecular complexity index is 1190. The van der Waals surface area contributed by atoms with Crippen molar-refractivity contribution in [3.05, 3.63) is 0 Å². The fourth-order valence-corrected chi connectivity index (χ4v) is 725. The van der Waals surface area contributed by atoms with Crippen molar-refractivity contribution in [2.24, 2.45) is 0 Å². The summed E-state index contributed by atoms with van der Waals surface area (Å²) >= 11 is 0. The lowest BCUT2D eigenvalue weighted by molar-refractivity contribution is -0.0501. The number of alkyl halides is 3. The summed E-state index contributed by atoms with van der Waals surface area (Å²) in [5, 5.41) is 0. The lowest BCUT2D eigenvalue weighted by Gasteiger charge is -2.81. The van der Waals surface area contributed by atoms with E-state index >= 15 is 0 Å². The third-order valence-corrected chi connectivity index (χ3v) is 404. The highest BCUT2D eigenvalue weighted by atomic mass is 32.2. The molecular weight excluding hydrogens is 790 g/mol. The van der Waals surface area contributed by atoms with E-state index in [2.05, 4.69) is 151 Å². The average Bonchev–Trinajstić information content (AvgIpc) is 2.78. The monoisotopic (exact) mass is 858 g/mol. The Labute approximate surface area is 281 Å². The van der Waals surface area contributed by atoms with E-state index in [1.807, 2.05) is 0 Å². The molecule has 0 radical (unpaired) electrons. The normalized spacial score (nSPS) is 31.6. The van der Waals surface area contributed by atoms with Gasteiger partial charge in [-0.3, -0.25) is 0 Å². The highest BCUT2D eigenvalue weighted by Crippen LogP contribution is 2.62. The molecule has 2 aliphatic heterocycles. The van der Waals surface area contributed by atoms with Gasteiger partial charge in [-0.2, -0.15) is 21.6 Å². The van der Waals surface area contributed by atoms with Crippen LogP contribution in [0.5, 0.6) is 0 Å². The molecular formula is C24H69F3O3SSi13. The third-order valence-electron chi connectivity index (χ3n) is 20.0. The Balaban J connectivity index is 3.52. The summed E-state index contributed by atoms with van der Waals surface area (Å²) in [6.07, 6.45) is 0. The molecule has 262 valence electrons. The highest BCUT2D eigenvalue weighted by molar-refractivity contribution is 8.31. The van der Waals surface area contributed by atoms with Gasteiger partial charge in [0.15, 0.2) is 7.35 Å². The van der Waals surface area contributed by atoms with E-state index in [-0.39, 0.29) is 0 Å². The second-order valence-electron chi connectivity index (χ2n) is 20.5. The van der Waals surface area contributed by atoms with Crippen LogP contribution in [-0.4, -0.2) is 106 Å². The second-order valence-corrected chi connectivity index (χ2v) is 186. The molecule has 44 heavy (non-hydrogen) atoms. The smallest absolute Gasteiger partial charge is 0.316 e. The SMILES string of the molecule is C[Si]1(C)[Si](C)(C)[Si](C)(C)[Si](C)([Si](C)(OS(=O)(=O)C(F)(F)F)[Si]2(C)[Si](C)(C)[Si](C)(C)[Si](C)(C)[Si](C)(C)[Si]2(C)C)[Si](C)(C)[Si]1(C)C. The Morgan fingerprint density at radius 3 is 0.727 bits per heavy atom. The maximum Gasteiger partial charge on any atom is 0.522 e. The zero-order valence-electron chi connectivity index (χ0n) is 32.8. The Hall–Kier alpha value is 2.52. The Morgan fingerprint density at radius 2 is 0.568 bits per heavy atom. The van der Waals surface area contributed by atoms with Crippen LogP contribution in [0.4, 0.5) is 13.2 Å². The van der Waals surface area contributed by atoms with Crippen molar-refractivity contribution in [1.29, 1.82) is 0 Å². The summed E-state index contributed by atoms with van der Waals surface area (Å²) < 4.78 is 78.8. The summed E-state index contributed by atoms with van der Waals surface area (Å²) in [5.74, 6) is 0. The van der Waals surface area contributed by atoms with Crippen molar-refractivity contribution >= 4 is 102 Å². The molecule has 2 saturated heterocycles.